The van der Waals surface area contributed by atoms with Crippen LogP contribution in [0.25, 0.3) is 0 Å². The van der Waals surface area contributed by atoms with Crippen LogP contribution in [0, 0.1) is 0 Å². The minimum absolute atomic E-state index is 0.0425. The van der Waals surface area contributed by atoms with Crippen molar-refractivity contribution >= 4 is 23.2 Å². The van der Waals surface area contributed by atoms with Crippen LogP contribution in [0.2, 0.25) is 0 Å². The number of fused-ring (bicyclic) bond motifs is 1. The van der Waals surface area contributed by atoms with Gasteiger partial charge in [-0.25, -0.2) is 0 Å². The molecule has 0 radical (unpaired) electrons. The Kier molecular flexibility index (Phi) is 2.75. The van der Waals surface area contributed by atoms with E-state index in [4.69, 9.17) is 5.73 Å². The van der Waals surface area contributed by atoms with Crippen molar-refractivity contribution in [3.63, 3.8) is 0 Å². The van der Waals surface area contributed by atoms with Gasteiger partial charge < -0.3 is 16.0 Å². The average molecular weight is 233 g/mol. The molecule has 0 fully saturated rings. The van der Waals surface area contributed by atoms with Gasteiger partial charge >= 0.3 is 0 Å². The van der Waals surface area contributed by atoms with Gasteiger partial charge in [-0.05, 0) is 23.3 Å². The first kappa shape index (κ1) is 11.4. The molecule has 2 rings (SSSR count). The van der Waals surface area contributed by atoms with Crippen LogP contribution >= 0.6 is 0 Å². The molecule has 3 N–H and O–H groups in total. The second kappa shape index (κ2) is 4.08. The van der Waals surface area contributed by atoms with Crippen molar-refractivity contribution in [2.24, 2.45) is 0 Å². The van der Waals surface area contributed by atoms with Gasteiger partial charge in [0.25, 0.3) is 0 Å². The number of benzene rings is 1. The second-order valence-electron chi connectivity index (χ2n) is 4.26. The third-order valence-corrected chi connectivity index (χ3v) is 2.85. The molecule has 1 aliphatic rings. The molecule has 2 amide bonds. The molecular weight excluding hydrogens is 218 g/mol. The normalized spacial score (nSPS) is 13.4. The molecule has 5 nitrogen and oxygen atoms in total. The minimum atomic E-state index is -0.155. The molecule has 0 saturated carbocycles. The van der Waals surface area contributed by atoms with E-state index in [0.29, 0.717) is 24.5 Å². The van der Waals surface area contributed by atoms with E-state index in [0.717, 1.165) is 11.1 Å². The third-order valence-electron chi connectivity index (χ3n) is 2.85. The van der Waals surface area contributed by atoms with Gasteiger partial charge in [0.2, 0.25) is 11.8 Å². The number of nitrogens with zero attached hydrogens (tertiary/aromatic N) is 1. The average Bonchev–Trinajstić information content (AvgIpc) is 2.60. The molecule has 0 unspecified atom stereocenters. The number of rotatable bonds is 1. The van der Waals surface area contributed by atoms with Crippen molar-refractivity contribution in [3.05, 3.63) is 23.3 Å². The molecule has 0 aromatic heterocycles. The molecule has 0 bridgehead atoms. The fourth-order valence-electron chi connectivity index (χ4n) is 1.99. The maximum absolute atomic E-state index is 11.3. The molecule has 1 aromatic carbocycles. The van der Waals surface area contributed by atoms with Crippen LogP contribution in [0.15, 0.2) is 12.1 Å². The zero-order valence-electron chi connectivity index (χ0n) is 9.91. The van der Waals surface area contributed by atoms with Crippen molar-refractivity contribution in [2.45, 2.75) is 26.9 Å². The topological polar surface area (TPSA) is 75.4 Å². The summed E-state index contributed by atoms with van der Waals surface area (Å²) < 4.78 is 0. The fourth-order valence-corrected chi connectivity index (χ4v) is 1.99. The van der Waals surface area contributed by atoms with Gasteiger partial charge in [-0.3, -0.25) is 9.59 Å². The lowest BCUT2D eigenvalue weighted by atomic mass is 10.1. The van der Waals surface area contributed by atoms with Crippen molar-refractivity contribution in [1.29, 1.82) is 0 Å². The lowest BCUT2D eigenvalue weighted by Gasteiger charge is -2.10. The van der Waals surface area contributed by atoms with Crippen LogP contribution in [0.1, 0.15) is 25.0 Å². The van der Waals surface area contributed by atoms with E-state index in [1.165, 1.54) is 6.92 Å². The summed E-state index contributed by atoms with van der Waals surface area (Å²) in [6.45, 7) is 4.16. The molecule has 17 heavy (non-hydrogen) atoms. The first-order chi connectivity index (χ1) is 7.97. The van der Waals surface area contributed by atoms with Crippen LogP contribution < -0.4 is 11.1 Å². The standard InChI is InChI=1S/C12H15N3O2/c1-7(16)14-12-4-10-6-15(8(2)17)5-9(10)3-11(12)13/h3-4H,5-6,13H2,1-2H3,(H,14,16). The van der Waals surface area contributed by atoms with Gasteiger partial charge in [0, 0.05) is 26.9 Å². The monoisotopic (exact) mass is 233 g/mol. The van der Waals surface area contributed by atoms with Crippen LogP contribution in [0.5, 0.6) is 0 Å². The summed E-state index contributed by atoms with van der Waals surface area (Å²) in [4.78, 5) is 24.0. The quantitative estimate of drug-likeness (QED) is 0.713. The highest BCUT2D eigenvalue weighted by Crippen LogP contribution is 2.30. The lowest BCUT2D eigenvalue weighted by Crippen LogP contribution is -2.21. The van der Waals surface area contributed by atoms with Gasteiger partial charge in [-0.15, -0.1) is 0 Å². The Balaban J connectivity index is 2.30. The highest BCUT2D eigenvalue weighted by molar-refractivity contribution is 5.92. The Morgan fingerprint density at radius 3 is 2.35 bits per heavy atom. The molecule has 0 saturated heterocycles. The van der Waals surface area contributed by atoms with E-state index in [9.17, 15) is 9.59 Å². The third kappa shape index (κ3) is 2.22. The number of nitrogens with one attached hydrogen (secondary N) is 1. The van der Waals surface area contributed by atoms with Crippen molar-refractivity contribution in [1.82, 2.24) is 4.90 Å². The fraction of sp³-hybridized carbons (Fsp3) is 0.333. The van der Waals surface area contributed by atoms with Crippen LogP contribution in [-0.2, 0) is 22.7 Å². The predicted octanol–water partition coefficient (Wildman–Crippen LogP) is 1.09. The second-order valence-corrected chi connectivity index (χ2v) is 4.26. The molecule has 90 valence electrons. The maximum Gasteiger partial charge on any atom is 0.221 e. The molecular formula is C12H15N3O2. The summed E-state index contributed by atoms with van der Waals surface area (Å²) >= 11 is 0. The Morgan fingerprint density at radius 1 is 1.24 bits per heavy atom. The highest BCUT2D eigenvalue weighted by atomic mass is 16.2. The zero-order chi connectivity index (χ0) is 12.6. The van der Waals surface area contributed by atoms with Gasteiger partial charge in [0.05, 0.1) is 11.4 Å². The summed E-state index contributed by atoms with van der Waals surface area (Å²) in [6.07, 6.45) is 0. The largest absolute Gasteiger partial charge is 0.397 e. The highest BCUT2D eigenvalue weighted by Gasteiger charge is 2.22. The molecule has 1 aromatic rings. The van der Waals surface area contributed by atoms with E-state index in [1.807, 2.05) is 12.1 Å². The number of hydrogen-bond acceptors (Lipinski definition) is 3. The molecule has 1 heterocycles. The Hall–Kier alpha value is -2.04. The summed E-state index contributed by atoms with van der Waals surface area (Å²) in [7, 11) is 0. The summed E-state index contributed by atoms with van der Waals surface area (Å²) in [5.41, 5.74) is 9.08. The SMILES string of the molecule is CC(=O)Nc1cc2c(cc1N)CN(C(C)=O)C2. The van der Waals surface area contributed by atoms with Crippen LogP contribution in [0.4, 0.5) is 11.4 Å². The van der Waals surface area contributed by atoms with E-state index in [1.54, 1.807) is 11.8 Å². The smallest absolute Gasteiger partial charge is 0.221 e. The Labute approximate surface area is 99.6 Å². The first-order valence-electron chi connectivity index (χ1n) is 5.41. The Morgan fingerprint density at radius 2 is 1.82 bits per heavy atom. The Bertz CT molecular complexity index is 497. The lowest BCUT2D eigenvalue weighted by molar-refractivity contribution is -0.129. The summed E-state index contributed by atoms with van der Waals surface area (Å²) in [6, 6.07) is 3.67. The molecule has 1 aliphatic heterocycles. The number of nitrogens with two attached hydrogens (primary N) is 1. The van der Waals surface area contributed by atoms with E-state index in [-0.39, 0.29) is 11.8 Å². The van der Waals surface area contributed by atoms with Gasteiger partial charge in [-0.1, -0.05) is 0 Å². The number of carbonyl (C=O) groups is 2. The van der Waals surface area contributed by atoms with Crippen molar-refractivity contribution < 1.29 is 9.59 Å². The predicted molar refractivity (Wildman–Crippen MR) is 65.1 cm³/mol. The molecule has 5 heteroatoms. The van der Waals surface area contributed by atoms with Crippen molar-refractivity contribution in [3.8, 4) is 0 Å². The minimum Gasteiger partial charge on any atom is -0.397 e. The zero-order valence-corrected chi connectivity index (χ0v) is 9.91. The van der Waals surface area contributed by atoms with E-state index >= 15 is 0 Å². The van der Waals surface area contributed by atoms with Gasteiger partial charge in [0.1, 0.15) is 0 Å². The van der Waals surface area contributed by atoms with Crippen LogP contribution in [-0.4, -0.2) is 16.7 Å². The number of hydrogen-bond donors (Lipinski definition) is 2. The van der Waals surface area contributed by atoms with E-state index in [2.05, 4.69) is 5.32 Å². The van der Waals surface area contributed by atoms with Gasteiger partial charge in [0.15, 0.2) is 0 Å². The van der Waals surface area contributed by atoms with E-state index < -0.39 is 0 Å². The maximum atomic E-state index is 11.3. The molecule has 0 spiro atoms. The van der Waals surface area contributed by atoms with Crippen LogP contribution in [0.3, 0.4) is 0 Å². The summed E-state index contributed by atoms with van der Waals surface area (Å²) in [5.74, 6) is -0.112. The number of carbonyl (C=O) groups excluding carboxylic acids is 2. The number of amides is 2. The first-order valence-corrected chi connectivity index (χ1v) is 5.41. The molecule has 0 atom stereocenters. The number of anilines is 2. The summed E-state index contributed by atoms with van der Waals surface area (Å²) in [5, 5.41) is 2.68. The molecule has 0 aliphatic carbocycles. The number of nitrogen functional groups attached to an aromatic ring is 1. The van der Waals surface area contributed by atoms with Gasteiger partial charge in [-0.2, -0.15) is 0 Å². The van der Waals surface area contributed by atoms with Crippen molar-refractivity contribution in [2.75, 3.05) is 11.1 Å².